The third-order valence-corrected chi connectivity index (χ3v) is 9.28. The molecule has 0 unspecified atom stereocenters. The first-order chi connectivity index (χ1) is 37.0. The van der Waals surface area contributed by atoms with Gasteiger partial charge in [0.2, 0.25) is 6.79 Å². The van der Waals surface area contributed by atoms with Crippen LogP contribution in [0.15, 0.2) is 111 Å². The number of aryl methyl sites for hydroxylation is 3. The van der Waals surface area contributed by atoms with Gasteiger partial charge in [0, 0.05) is 5.56 Å². The molecule has 0 amide bonds. The van der Waals surface area contributed by atoms with Crippen LogP contribution in [0.3, 0.4) is 0 Å². The van der Waals surface area contributed by atoms with Crippen LogP contribution in [0, 0.1) is 36.0 Å². The third kappa shape index (κ3) is 50.1. The molecule has 0 atom stereocenters. The van der Waals surface area contributed by atoms with E-state index in [1.807, 2.05) is 54.6 Å². The summed E-state index contributed by atoms with van der Waals surface area (Å²) < 4.78 is 96.2. The molecule has 466 valence electrons. The van der Waals surface area contributed by atoms with Crippen molar-refractivity contribution < 1.29 is 74.6 Å². The number of terminal acetylenes is 1. The van der Waals surface area contributed by atoms with E-state index in [1.165, 1.54) is 39.0 Å². The van der Waals surface area contributed by atoms with Gasteiger partial charge in [0.05, 0.1) is 29.7 Å². The molecule has 0 radical (unpaired) electrons. The summed E-state index contributed by atoms with van der Waals surface area (Å²) >= 11 is 14.8. The Morgan fingerprint density at radius 3 is 1.20 bits per heavy atom. The number of nitrogens with zero attached hydrogens (tertiary/aromatic N) is 1. The Hall–Kier alpha value is -5.62. The highest BCUT2D eigenvalue weighted by Crippen LogP contribution is 2.40. The molecule has 0 bridgehead atoms. The van der Waals surface area contributed by atoms with Crippen LogP contribution in [0.1, 0.15) is 151 Å². The van der Waals surface area contributed by atoms with Crippen LogP contribution >= 0.6 is 34.8 Å². The van der Waals surface area contributed by atoms with Crippen molar-refractivity contribution in [1.82, 2.24) is 4.90 Å². The highest BCUT2D eigenvalue weighted by atomic mass is 35.5. The Labute approximate surface area is 502 Å². The van der Waals surface area contributed by atoms with E-state index in [1.54, 1.807) is 43.3 Å². The fourth-order valence-corrected chi connectivity index (χ4v) is 5.23. The standard InChI is InChI=1S/C23H24O4.C11H11ClO.C9H14F6O3.C7H4.C6H15N.CH2Cl2.CH4O2.4CH4/c1-3-5-7-18-9-13-20(14-10-18)22(24)26-17-27-23(25)21-15-11-19(12-16-21)8-6-4-2;1-2-3-4-9-5-7-10(8-6-9)11(12)13;1-3-5-16-7(10,11)8(12,13)18-9(14,15)17-6-4-2;1-3-5-7-6-4-2;1-4-7(5-2)6-3;2*2-1-3;;;;/h3-4,9-16H,1-2,5-8,17H2;2,5-8H,1,3-4H2;3-6H2,1-2H3;1H,2H3;4-6H2,1-3H3;1H2;2-3H,1H2;4*1H4. The maximum absolute atomic E-state index is 12.8. The summed E-state index contributed by atoms with van der Waals surface area (Å²) in [5.74, 6) is 10.9. The first-order valence-corrected chi connectivity index (χ1v) is 25.7. The van der Waals surface area contributed by atoms with Gasteiger partial charge in [-0.2, -0.15) is 17.6 Å². The van der Waals surface area contributed by atoms with Crippen LogP contribution in [-0.4, -0.2) is 103 Å². The lowest BCUT2D eigenvalue weighted by atomic mass is 10.1. The number of allylic oxidation sites excluding steroid dienone is 3. The minimum atomic E-state index is -5.50. The molecule has 3 aromatic rings. The zero-order valence-corrected chi connectivity index (χ0v) is 47.4. The van der Waals surface area contributed by atoms with E-state index in [9.17, 15) is 40.7 Å². The van der Waals surface area contributed by atoms with Gasteiger partial charge in [0.25, 0.3) is 5.24 Å². The summed E-state index contributed by atoms with van der Waals surface area (Å²) in [6.07, 6.45) is 0.392. The molecule has 0 aliphatic rings. The van der Waals surface area contributed by atoms with Crippen molar-refractivity contribution in [3.05, 3.63) is 144 Å². The highest BCUT2D eigenvalue weighted by molar-refractivity contribution is 6.67. The van der Waals surface area contributed by atoms with Gasteiger partial charge in [-0.25, -0.2) is 14.3 Å². The zero-order chi connectivity index (χ0) is 60.3. The Kier molecular flexibility index (Phi) is 67.9. The summed E-state index contributed by atoms with van der Waals surface area (Å²) in [4.78, 5) is 37.1. The van der Waals surface area contributed by atoms with E-state index in [4.69, 9.17) is 60.9 Å². The van der Waals surface area contributed by atoms with E-state index in [0.29, 0.717) is 16.7 Å². The van der Waals surface area contributed by atoms with Crippen LogP contribution in [0.4, 0.5) is 26.3 Å². The van der Waals surface area contributed by atoms with Crippen LogP contribution in [-0.2, 0) is 42.9 Å². The summed E-state index contributed by atoms with van der Waals surface area (Å²) in [5, 5.41) is 14.0. The molecule has 20 heteroatoms. The molecule has 2 N–H and O–H groups in total. The van der Waals surface area contributed by atoms with Gasteiger partial charge < -0.3 is 29.3 Å². The van der Waals surface area contributed by atoms with Gasteiger partial charge in [-0.05, 0) is 166 Å². The molecule has 3 rings (SSSR count). The molecule has 0 saturated heterocycles. The number of hydrogen-bond donors (Lipinski definition) is 2. The summed E-state index contributed by atoms with van der Waals surface area (Å²) in [7, 11) is 0. The Bertz CT molecular complexity index is 2160. The number of benzene rings is 3. The Morgan fingerprint density at radius 1 is 0.598 bits per heavy atom. The molecule has 0 aliphatic carbocycles. The van der Waals surface area contributed by atoms with Crippen molar-refractivity contribution in [2.45, 2.75) is 141 Å². The van der Waals surface area contributed by atoms with E-state index >= 15 is 0 Å². The van der Waals surface area contributed by atoms with Gasteiger partial charge in [0.1, 0.15) is 6.79 Å². The normalized spacial score (nSPS) is 9.52. The number of hydrogen-bond acceptors (Lipinski definition) is 11. The maximum Gasteiger partial charge on any atom is 0.490 e. The monoisotopic (exact) mass is 1230 g/mol. The number of alkyl halides is 8. The van der Waals surface area contributed by atoms with Crippen molar-refractivity contribution in [3.63, 3.8) is 0 Å². The average molecular weight is 1230 g/mol. The molecule has 0 spiro atoms. The van der Waals surface area contributed by atoms with Crippen LogP contribution in [0.2, 0.25) is 0 Å². The van der Waals surface area contributed by atoms with Gasteiger partial charge in [-0.3, -0.25) is 9.53 Å². The number of aliphatic hydroxyl groups is 2. The minimum Gasteiger partial charge on any atom is -0.424 e. The van der Waals surface area contributed by atoms with Crippen molar-refractivity contribution in [3.8, 4) is 36.0 Å². The van der Waals surface area contributed by atoms with Crippen LogP contribution in [0.5, 0.6) is 0 Å². The second kappa shape index (κ2) is 60.0. The number of rotatable bonds is 26. The minimum absolute atomic E-state index is 0. The molecule has 82 heavy (non-hydrogen) atoms. The molecule has 0 aliphatic heterocycles. The van der Waals surface area contributed by atoms with E-state index in [2.05, 4.69) is 89.2 Å². The SMILES string of the molecule is C.C.C.C.C#CC#CC#CC.C=CCCc1ccc(C(=O)Cl)cc1.C=CCCc1ccc(C(=O)OCOC(=O)c2ccc(CCC=C)cc2)cc1.CCCOC(F)(F)OC(F)(F)C(F)(F)OCCC.CCN(CC)CC.ClCCl.OCO. The molecule has 0 fully saturated rings. The molecule has 0 saturated carbocycles. The largest absolute Gasteiger partial charge is 0.490 e. The predicted molar refractivity (Wildman–Crippen MR) is 325 cm³/mol. The lowest BCUT2D eigenvalue weighted by Gasteiger charge is -2.28. The fraction of sp³-hybridized carbons (Fsp3) is 0.468. The highest BCUT2D eigenvalue weighted by Gasteiger charge is 2.64. The first kappa shape index (κ1) is 92.8. The lowest BCUT2D eigenvalue weighted by molar-refractivity contribution is -0.526. The topological polar surface area (TPSA) is 141 Å². The van der Waals surface area contributed by atoms with E-state index < -0.39 is 62.5 Å². The van der Waals surface area contributed by atoms with Crippen molar-refractivity contribution >= 4 is 52.0 Å². The average Bonchev–Trinajstić information content (AvgIpc) is 3.42. The lowest BCUT2D eigenvalue weighted by Crippen LogP contribution is -2.49. The Morgan fingerprint density at radius 2 is 0.927 bits per heavy atom. The number of carbonyl (C=O) groups is 3. The molecular weight excluding hydrogens is 1140 g/mol. The summed E-state index contributed by atoms with van der Waals surface area (Å²) in [5.41, 5.74) is 4.81. The zero-order valence-electron chi connectivity index (χ0n) is 45.2. The van der Waals surface area contributed by atoms with Crippen LogP contribution < -0.4 is 0 Å². The van der Waals surface area contributed by atoms with Crippen molar-refractivity contribution in [1.29, 1.82) is 0 Å². The number of ether oxygens (including phenoxy) is 5. The molecule has 0 heterocycles. The Balaban J connectivity index is -0.000000145. The second-order valence-corrected chi connectivity index (χ2v) is 15.9. The van der Waals surface area contributed by atoms with Gasteiger partial charge in [-0.1, -0.05) is 125 Å². The van der Waals surface area contributed by atoms with Gasteiger partial charge in [0.15, 0.2) is 0 Å². The van der Waals surface area contributed by atoms with E-state index in [0.717, 1.165) is 49.7 Å². The maximum atomic E-state index is 12.8. The predicted octanol–water partition coefficient (Wildman–Crippen LogP) is 16.6. The number of carbonyl (C=O) groups excluding carboxylic acids is 3. The van der Waals surface area contributed by atoms with Crippen molar-refractivity contribution in [2.75, 3.05) is 51.8 Å². The van der Waals surface area contributed by atoms with Crippen molar-refractivity contribution in [2.24, 2.45) is 0 Å². The molecule has 11 nitrogen and oxygen atoms in total. The number of aliphatic hydroxyl groups excluding tert-OH is 1. The first-order valence-electron chi connectivity index (χ1n) is 24.2. The third-order valence-electron chi connectivity index (χ3n) is 9.06. The van der Waals surface area contributed by atoms with Crippen LogP contribution in [0.25, 0.3) is 0 Å². The number of halogens is 9. The quantitative estimate of drug-likeness (QED) is 0.0151. The second-order valence-electron chi connectivity index (χ2n) is 14.8. The smallest absolute Gasteiger partial charge is 0.424 e. The summed E-state index contributed by atoms with van der Waals surface area (Å²) in [6.45, 7) is 23.1. The molecule has 3 aromatic carbocycles. The fourth-order valence-electron chi connectivity index (χ4n) is 5.10. The summed E-state index contributed by atoms with van der Waals surface area (Å²) in [6, 6.07) is 21.6. The molecule has 0 aromatic heterocycles. The number of esters is 2. The van der Waals surface area contributed by atoms with E-state index in [-0.39, 0.29) is 47.9 Å². The van der Waals surface area contributed by atoms with Gasteiger partial charge in [-0.15, -0.1) is 58.1 Å². The molecular formula is C62H90Cl3F6NO10. The van der Waals surface area contributed by atoms with Gasteiger partial charge >= 0.3 is 30.5 Å².